The van der Waals surface area contributed by atoms with Crippen LogP contribution in [0.1, 0.15) is 10.4 Å². The SMILES string of the molecule is O=C([O-])c1ccc2cc3ccccc3cc2c1. The van der Waals surface area contributed by atoms with Gasteiger partial charge in [0.15, 0.2) is 0 Å². The highest BCUT2D eigenvalue weighted by Crippen LogP contribution is 2.23. The van der Waals surface area contributed by atoms with E-state index in [-0.39, 0.29) is 5.56 Å². The van der Waals surface area contributed by atoms with E-state index in [2.05, 4.69) is 6.07 Å². The van der Waals surface area contributed by atoms with Gasteiger partial charge in [-0.2, -0.15) is 0 Å². The number of carboxylic acid groups (broad SMARTS) is 1. The van der Waals surface area contributed by atoms with Crippen LogP contribution in [0.25, 0.3) is 21.5 Å². The van der Waals surface area contributed by atoms with Crippen molar-refractivity contribution in [2.75, 3.05) is 0 Å². The van der Waals surface area contributed by atoms with Gasteiger partial charge in [0.25, 0.3) is 0 Å². The fourth-order valence-electron chi connectivity index (χ4n) is 2.07. The maximum atomic E-state index is 10.8. The first kappa shape index (κ1) is 9.85. The van der Waals surface area contributed by atoms with E-state index in [1.807, 2.05) is 36.4 Å². The first-order valence-electron chi connectivity index (χ1n) is 5.38. The third kappa shape index (κ3) is 1.64. The van der Waals surface area contributed by atoms with E-state index in [1.54, 1.807) is 12.1 Å². The molecule has 0 bridgehead atoms. The highest BCUT2D eigenvalue weighted by Gasteiger charge is 1.99. The van der Waals surface area contributed by atoms with Crippen LogP contribution in [0.15, 0.2) is 54.6 Å². The number of hydrogen-bond acceptors (Lipinski definition) is 2. The first-order chi connectivity index (χ1) is 8.24. The number of fused-ring (bicyclic) bond motifs is 2. The van der Waals surface area contributed by atoms with Crippen LogP contribution in [0.4, 0.5) is 0 Å². The molecule has 0 radical (unpaired) electrons. The maximum Gasteiger partial charge on any atom is 0.0715 e. The Morgan fingerprint density at radius 2 is 1.35 bits per heavy atom. The molecule has 0 fully saturated rings. The monoisotopic (exact) mass is 221 g/mol. The summed E-state index contributed by atoms with van der Waals surface area (Å²) in [5.41, 5.74) is 0.216. The molecule has 0 spiro atoms. The Morgan fingerprint density at radius 1 is 0.765 bits per heavy atom. The first-order valence-corrected chi connectivity index (χ1v) is 5.38. The predicted octanol–water partition coefficient (Wildman–Crippen LogP) is 2.36. The molecular formula is C15H9O2-. The second-order valence-corrected chi connectivity index (χ2v) is 4.05. The van der Waals surface area contributed by atoms with Crippen LogP contribution in [0.5, 0.6) is 0 Å². The molecule has 0 aliphatic carbocycles. The molecule has 17 heavy (non-hydrogen) atoms. The van der Waals surface area contributed by atoms with Crippen molar-refractivity contribution >= 4 is 27.5 Å². The summed E-state index contributed by atoms with van der Waals surface area (Å²) in [6.45, 7) is 0. The summed E-state index contributed by atoms with van der Waals surface area (Å²) in [6, 6.07) is 17.1. The predicted molar refractivity (Wildman–Crippen MR) is 65.8 cm³/mol. The molecule has 0 aliphatic rings. The Morgan fingerprint density at radius 3 is 2.00 bits per heavy atom. The number of carbonyl (C=O) groups excluding carboxylic acids is 1. The van der Waals surface area contributed by atoms with Gasteiger partial charge in [0.2, 0.25) is 0 Å². The Hall–Kier alpha value is -2.35. The molecule has 0 atom stereocenters. The fraction of sp³-hybridized carbons (Fsp3) is 0. The quantitative estimate of drug-likeness (QED) is 0.592. The van der Waals surface area contributed by atoms with Crippen molar-refractivity contribution < 1.29 is 9.90 Å². The van der Waals surface area contributed by atoms with Gasteiger partial charge in [-0.25, -0.2) is 0 Å². The Kier molecular flexibility index (Phi) is 2.08. The highest BCUT2D eigenvalue weighted by molar-refractivity contribution is 6.00. The van der Waals surface area contributed by atoms with Crippen molar-refractivity contribution in [3.8, 4) is 0 Å². The van der Waals surface area contributed by atoms with Gasteiger partial charge < -0.3 is 9.90 Å². The molecule has 82 valence electrons. The summed E-state index contributed by atoms with van der Waals surface area (Å²) in [4.78, 5) is 10.8. The third-order valence-electron chi connectivity index (χ3n) is 2.94. The molecule has 3 rings (SSSR count). The molecule has 0 saturated carbocycles. The zero-order valence-corrected chi connectivity index (χ0v) is 9.01. The molecule has 2 nitrogen and oxygen atoms in total. The minimum absolute atomic E-state index is 0.216. The third-order valence-corrected chi connectivity index (χ3v) is 2.94. The van der Waals surface area contributed by atoms with E-state index in [1.165, 1.54) is 0 Å². The minimum Gasteiger partial charge on any atom is -0.545 e. The molecule has 2 heteroatoms. The summed E-state index contributed by atoms with van der Waals surface area (Å²) < 4.78 is 0. The van der Waals surface area contributed by atoms with Crippen molar-refractivity contribution in [1.29, 1.82) is 0 Å². The lowest BCUT2D eigenvalue weighted by molar-refractivity contribution is -0.255. The van der Waals surface area contributed by atoms with E-state index in [0.29, 0.717) is 0 Å². The van der Waals surface area contributed by atoms with Crippen LogP contribution in [0, 0.1) is 0 Å². The minimum atomic E-state index is -1.14. The maximum absolute atomic E-state index is 10.8. The number of carboxylic acids is 1. The topological polar surface area (TPSA) is 40.1 Å². The smallest absolute Gasteiger partial charge is 0.0715 e. The zero-order valence-electron chi connectivity index (χ0n) is 9.01. The van der Waals surface area contributed by atoms with E-state index >= 15 is 0 Å². The second kappa shape index (κ2) is 3.59. The molecular weight excluding hydrogens is 212 g/mol. The number of rotatable bonds is 1. The van der Waals surface area contributed by atoms with Crippen LogP contribution in [0.2, 0.25) is 0 Å². The van der Waals surface area contributed by atoms with Gasteiger partial charge in [-0.05, 0) is 45.3 Å². The molecule has 0 aliphatic heterocycles. The van der Waals surface area contributed by atoms with E-state index in [4.69, 9.17) is 0 Å². The van der Waals surface area contributed by atoms with Gasteiger partial charge >= 0.3 is 0 Å². The van der Waals surface area contributed by atoms with Gasteiger partial charge in [-0.3, -0.25) is 0 Å². The molecule has 3 aromatic rings. The van der Waals surface area contributed by atoms with Crippen LogP contribution in [-0.4, -0.2) is 5.97 Å². The van der Waals surface area contributed by atoms with Crippen LogP contribution in [0.3, 0.4) is 0 Å². The lowest BCUT2D eigenvalue weighted by atomic mass is 10.0. The Bertz CT molecular complexity index is 729. The van der Waals surface area contributed by atoms with Crippen molar-refractivity contribution in [2.24, 2.45) is 0 Å². The van der Waals surface area contributed by atoms with Crippen molar-refractivity contribution in [3.05, 3.63) is 60.2 Å². The normalized spacial score (nSPS) is 10.8. The molecule has 0 heterocycles. The second-order valence-electron chi connectivity index (χ2n) is 4.05. The summed E-state index contributed by atoms with van der Waals surface area (Å²) in [5.74, 6) is -1.14. The summed E-state index contributed by atoms with van der Waals surface area (Å²) in [7, 11) is 0. The number of aromatic carboxylic acids is 1. The molecule has 0 amide bonds. The summed E-state index contributed by atoms with van der Waals surface area (Å²) in [5, 5.41) is 15.0. The van der Waals surface area contributed by atoms with Gasteiger partial charge in [0.05, 0.1) is 5.97 Å². The van der Waals surface area contributed by atoms with Crippen LogP contribution >= 0.6 is 0 Å². The Labute approximate surface area is 98.1 Å². The van der Waals surface area contributed by atoms with Gasteiger partial charge in [-0.15, -0.1) is 0 Å². The molecule has 3 aromatic carbocycles. The lowest BCUT2D eigenvalue weighted by Gasteiger charge is -2.06. The van der Waals surface area contributed by atoms with Crippen molar-refractivity contribution in [1.82, 2.24) is 0 Å². The van der Waals surface area contributed by atoms with E-state index < -0.39 is 5.97 Å². The Balaban J connectivity index is 2.36. The van der Waals surface area contributed by atoms with Gasteiger partial charge in [0, 0.05) is 0 Å². The average Bonchev–Trinajstić information content (AvgIpc) is 2.35. The summed E-state index contributed by atoms with van der Waals surface area (Å²) >= 11 is 0. The zero-order chi connectivity index (χ0) is 11.8. The number of carbonyl (C=O) groups is 1. The summed E-state index contributed by atoms with van der Waals surface area (Å²) in [6.07, 6.45) is 0. The van der Waals surface area contributed by atoms with Crippen molar-refractivity contribution in [3.63, 3.8) is 0 Å². The van der Waals surface area contributed by atoms with Gasteiger partial charge in [-0.1, -0.05) is 36.4 Å². The highest BCUT2D eigenvalue weighted by atomic mass is 16.4. The standard InChI is InChI=1S/C15H10O2/c16-15(17)13-6-5-12-7-10-3-1-2-4-11(10)8-14(12)9-13/h1-9H,(H,16,17)/p-1. The van der Waals surface area contributed by atoms with E-state index in [9.17, 15) is 9.90 Å². The van der Waals surface area contributed by atoms with E-state index in [0.717, 1.165) is 21.5 Å². The lowest BCUT2D eigenvalue weighted by Crippen LogP contribution is -2.21. The largest absolute Gasteiger partial charge is 0.545 e. The molecule has 0 saturated heterocycles. The van der Waals surface area contributed by atoms with Crippen LogP contribution < -0.4 is 5.11 Å². The molecule has 0 aromatic heterocycles. The fourth-order valence-corrected chi connectivity index (χ4v) is 2.07. The van der Waals surface area contributed by atoms with Crippen LogP contribution in [-0.2, 0) is 0 Å². The van der Waals surface area contributed by atoms with Gasteiger partial charge in [0.1, 0.15) is 0 Å². The average molecular weight is 221 g/mol. The van der Waals surface area contributed by atoms with Crippen molar-refractivity contribution in [2.45, 2.75) is 0 Å². The number of hydrogen-bond donors (Lipinski definition) is 0. The molecule has 0 unspecified atom stereocenters. The number of benzene rings is 3. The molecule has 0 N–H and O–H groups in total.